The van der Waals surface area contributed by atoms with Crippen LogP contribution in [0.4, 0.5) is 5.69 Å². The molecule has 2 N–H and O–H groups in total. The fourth-order valence-electron chi connectivity index (χ4n) is 0.756. The van der Waals surface area contributed by atoms with Crippen molar-refractivity contribution in [3.63, 3.8) is 0 Å². The number of benzene rings is 1. The van der Waals surface area contributed by atoms with Gasteiger partial charge in [0.1, 0.15) is 0 Å². The van der Waals surface area contributed by atoms with Crippen LogP contribution in [0.15, 0.2) is 18.2 Å². The van der Waals surface area contributed by atoms with Crippen molar-refractivity contribution in [3.05, 3.63) is 28.2 Å². The molecule has 0 amide bonds. The Balaban J connectivity index is 3.13. The molecule has 0 saturated carbocycles. The van der Waals surface area contributed by atoms with E-state index in [1.54, 1.807) is 25.2 Å². The van der Waals surface area contributed by atoms with Crippen LogP contribution < -0.4 is 10.9 Å². The average Bonchev–Trinajstić information content (AvgIpc) is 1.94. The van der Waals surface area contributed by atoms with Crippen molar-refractivity contribution in [1.82, 2.24) is 0 Å². The number of hydrogen-bond acceptors (Lipinski definition) is 2. The first-order valence-corrected chi connectivity index (χ1v) is 3.80. The third-order valence-electron chi connectivity index (χ3n) is 1.29. The Kier molecular flexibility index (Phi) is 2.60. The summed E-state index contributed by atoms with van der Waals surface area (Å²) in [6.45, 7) is 0. The minimum atomic E-state index is 0.597. The Morgan fingerprint density at radius 1 is 1.36 bits per heavy atom. The predicted octanol–water partition coefficient (Wildman–Crippen LogP) is 2.30. The Hall–Kier alpha value is -0.440. The van der Waals surface area contributed by atoms with E-state index in [-0.39, 0.29) is 0 Å². The van der Waals surface area contributed by atoms with Crippen LogP contribution in [-0.2, 0) is 0 Å². The Morgan fingerprint density at radius 3 is 2.45 bits per heavy atom. The van der Waals surface area contributed by atoms with Crippen molar-refractivity contribution in [1.29, 1.82) is 0 Å². The molecule has 0 aliphatic carbocycles. The summed E-state index contributed by atoms with van der Waals surface area (Å²) >= 11 is 11.5. The molecule has 0 spiro atoms. The zero-order chi connectivity index (χ0) is 8.43. The molecule has 4 heteroatoms. The third kappa shape index (κ3) is 1.99. The van der Waals surface area contributed by atoms with E-state index in [2.05, 4.69) is 0 Å². The molecule has 1 aromatic rings. The van der Waals surface area contributed by atoms with E-state index in [1.807, 2.05) is 0 Å². The number of halogens is 2. The number of hydrazine groups is 1. The van der Waals surface area contributed by atoms with Gasteiger partial charge in [0.05, 0.1) is 10.7 Å². The maximum Gasteiger partial charge on any atom is 0.0714 e. The van der Waals surface area contributed by atoms with Gasteiger partial charge in [0.25, 0.3) is 0 Å². The Bertz CT molecular complexity index is 261. The lowest BCUT2D eigenvalue weighted by atomic mass is 10.3. The number of nitrogens with zero attached hydrogens (tertiary/aromatic N) is 1. The minimum absolute atomic E-state index is 0.597. The molecule has 11 heavy (non-hydrogen) atoms. The lowest BCUT2D eigenvalue weighted by molar-refractivity contribution is 1.02. The lowest BCUT2D eigenvalue weighted by Crippen LogP contribution is -2.25. The van der Waals surface area contributed by atoms with Crippen LogP contribution in [0.1, 0.15) is 0 Å². The summed E-state index contributed by atoms with van der Waals surface area (Å²) in [6.07, 6.45) is 0. The van der Waals surface area contributed by atoms with E-state index in [9.17, 15) is 0 Å². The normalized spacial score (nSPS) is 9.82. The van der Waals surface area contributed by atoms with E-state index in [4.69, 9.17) is 29.0 Å². The van der Waals surface area contributed by atoms with Crippen LogP contribution in [-0.4, -0.2) is 7.05 Å². The molecule has 0 heterocycles. The van der Waals surface area contributed by atoms with Crippen LogP contribution in [0.2, 0.25) is 10.0 Å². The largest absolute Gasteiger partial charge is 0.313 e. The third-order valence-corrected chi connectivity index (χ3v) is 1.84. The smallest absolute Gasteiger partial charge is 0.0714 e. The number of rotatable bonds is 1. The van der Waals surface area contributed by atoms with E-state index >= 15 is 0 Å². The maximum absolute atomic E-state index is 5.81. The standard InChI is InChI=1S/C7H8Cl2N2/c1-11(10)7-4-5(8)2-3-6(7)9/h2-4H,10H2,1H3. The van der Waals surface area contributed by atoms with Crippen molar-refractivity contribution in [2.75, 3.05) is 12.1 Å². The highest BCUT2D eigenvalue weighted by atomic mass is 35.5. The van der Waals surface area contributed by atoms with Crippen molar-refractivity contribution in [2.45, 2.75) is 0 Å². The minimum Gasteiger partial charge on any atom is -0.313 e. The molecule has 0 fully saturated rings. The summed E-state index contributed by atoms with van der Waals surface area (Å²) in [5, 5.41) is 2.65. The first kappa shape index (κ1) is 8.65. The summed E-state index contributed by atoms with van der Waals surface area (Å²) in [5.74, 6) is 5.47. The second-order valence-corrected chi connectivity index (χ2v) is 3.05. The molecule has 1 rings (SSSR count). The topological polar surface area (TPSA) is 29.3 Å². The highest BCUT2D eigenvalue weighted by Gasteiger charge is 2.02. The SMILES string of the molecule is CN(N)c1cc(Cl)ccc1Cl. The van der Waals surface area contributed by atoms with E-state index in [0.717, 1.165) is 5.69 Å². The molecule has 0 radical (unpaired) electrons. The highest BCUT2D eigenvalue weighted by molar-refractivity contribution is 6.35. The van der Waals surface area contributed by atoms with Crippen LogP contribution in [0.3, 0.4) is 0 Å². The van der Waals surface area contributed by atoms with Gasteiger partial charge >= 0.3 is 0 Å². The second-order valence-electron chi connectivity index (χ2n) is 2.21. The molecule has 0 atom stereocenters. The molecular formula is C7H8Cl2N2. The van der Waals surface area contributed by atoms with E-state index < -0.39 is 0 Å². The second kappa shape index (κ2) is 3.30. The van der Waals surface area contributed by atoms with Gasteiger partial charge in [-0.25, -0.2) is 5.84 Å². The highest BCUT2D eigenvalue weighted by Crippen LogP contribution is 2.26. The molecule has 0 aromatic heterocycles. The summed E-state index contributed by atoms with van der Waals surface area (Å²) in [4.78, 5) is 0. The van der Waals surface area contributed by atoms with Crippen LogP contribution in [0, 0.1) is 0 Å². The molecule has 2 nitrogen and oxygen atoms in total. The molecule has 0 bridgehead atoms. The van der Waals surface area contributed by atoms with Crippen LogP contribution >= 0.6 is 23.2 Å². The van der Waals surface area contributed by atoms with E-state index in [0.29, 0.717) is 10.0 Å². The fraction of sp³-hybridized carbons (Fsp3) is 0.143. The summed E-state index contributed by atoms with van der Waals surface area (Å²) in [6, 6.07) is 5.14. The van der Waals surface area contributed by atoms with Gasteiger partial charge in [0.15, 0.2) is 0 Å². The van der Waals surface area contributed by atoms with Gasteiger partial charge < -0.3 is 5.01 Å². The van der Waals surface area contributed by atoms with Crippen LogP contribution in [0.25, 0.3) is 0 Å². The fourth-order valence-corrected chi connectivity index (χ4v) is 1.17. The quantitative estimate of drug-likeness (QED) is 0.545. The zero-order valence-electron chi connectivity index (χ0n) is 6.01. The zero-order valence-corrected chi connectivity index (χ0v) is 7.52. The molecule has 0 unspecified atom stereocenters. The van der Waals surface area contributed by atoms with Crippen molar-refractivity contribution in [2.24, 2.45) is 5.84 Å². The molecule has 60 valence electrons. The molecule has 0 saturated heterocycles. The summed E-state index contributed by atoms with van der Waals surface area (Å²) in [5.41, 5.74) is 0.721. The number of nitrogens with two attached hydrogens (primary N) is 1. The van der Waals surface area contributed by atoms with Crippen LogP contribution in [0.5, 0.6) is 0 Å². The van der Waals surface area contributed by atoms with Gasteiger partial charge in [0, 0.05) is 12.1 Å². The van der Waals surface area contributed by atoms with Gasteiger partial charge in [-0.2, -0.15) is 0 Å². The monoisotopic (exact) mass is 190 g/mol. The van der Waals surface area contributed by atoms with Crippen molar-refractivity contribution < 1.29 is 0 Å². The Morgan fingerprint density at radius 2 is 2.00 bits per heavy atom. The average molecular weight is 191 g/mol. The van der Waals surface area contributed by atoms with Gasteiger partial charge in [-0.15, -0.1) is 0 Å². The predicted molar refractivity (Wildman–Crippen MR) is 49.1 cm³/mol. The first-order chi connectivity index (χ1) is 5.11. The molecular weight excluding hydrogens is 183 g/mol. The van der Waals surface area contributed by atoms with E-state index in [1.165, 1.54) is 5.01 Å². The van der Waals surface area contributed by atoms with Crippen molar-refractivity contribution >= 4 is 28.9 Å². The van der Waals surface area contributed by atoms with Gasteiger partial charge in [-0.1, -0.05) is 23.2 Å². The molecule has 1 aromatic carbocycles. The number of hydrogen-bond donors (Lipinski definition) is 1. The molecule has 0 aliphatic heterocycles. The Labute approximate surface area is 75.5 Å². The van der Waals surface area contributed by atoms with Gasteiger partial charge in [-0.05, 0) is 18.2 Å². The lowest BCUT2D eigenvalue weighted by Gasteiger charge is -2.13. The first-order valence-electron chi connectivity index (χ1n) is 3.05. The van der Waals surface area contributed by atoms with Crippen molar-refractivity contribution in [3.8, 4) is 0 Å². The maximum atomic E-state index is 5.81. The summed E-state index contributed by atoms with van der Waals surface area (Å²) in [7, 11) is 1.71. The van der Waals surface area contributed by atoms with Gasteiger partial charge in [-0.3, -0.25) is 0 Å². The molecule has 0 aliphatic rings. The summed E-state index contributed by atoms with van der Waals surface area (Å²) < 4.78 is 0. The number of anilines is 1. The van der Waals surface area contributed by atoms with Gasteiger partial charge in [0.2, 0.25) is 0 Å².